The van der Waals surface area contributed by atoms with E-state index in [4.69, 9.17) is 5.11 Å². The average molecular weight is 134 g/mol. The van der Waals surface area contributed by atoms with E-state index >= 15 is 0 Å². The number of aliphatic hydroxyl groups excluding tert-OH is 1. The SMILES string of the molecule is CCC(O)C(S)CC. The summed E-state index contributed by atoms with van der Waals surface area (Å²) >= 11 is 4.15. The van der Waals surface area contributed by atoms with E-state index in [1.54, 1.807) is 0 Å². The molecule has 0 heterocycles. The summed E-state index contributed by atoms with van der Waals surface area (Å²) in [6.07, 6.45) is 1.53. The largest absolute Gasteiger partial charge is 0.392 e. The maximum atomic E-state index is 9.05. The third-order valence-corrected chi connectivity index (χ3v) is 1.99. The van der Waals surface area contributed by atoms with Gasteiger partial charge in [0.05, 0.1) is 6.10 Å². The Hall–Kier alpha value is 0.310. The summed E-state index contributed by atoms with van der Waals surface area (Å²) in [6, 6.07) is 0. The van der Waals surface area contributed by atoms with Crippen molar-refractivity contribution in [2.24, 2.45) is 0 Å². The number of rotatable bonds is 3. The highest BCUT2D eigenvalue weighted by molar-refractivity contribution is 7.81. The molecular formula is C6H14OS. The highest BCUT2D eigenvalue weighted by Crippen LogP contribution is 2.08. The van der Waals surface area contributed by atoms with Gasteiger partial charge in [0.2, 0.25) is 0 Å². The van der Waals surface area contributed by atoms with Gasteiger partial charge in [-0.2, -0.15) is 12.6 Å². The lowest BCUT2D eigenvalue weighted by Crippen LogP contribution is -2.18. The van der Waals surface area contributed by atoms with E-state index in [2.05, 4.69) is 12.6 Å². The van der Waals surface area contributed by atoms with E-state index in [0.29, 0.717) is 0 Å². The van der Waals surface area contributed by atoms with Crippen molar-refractivity contribution >= 4 is 12.6 Å². The van der Waals surface area contributed by atoms with E-state index in [0.717, 1.165) is 12.8 Å². The Morgan fingerprint density at radius 3 is 2.00 bits per heavy atom. The van der Waals surface area contributed by atoms with E-state index in [1.807, 2.05) is 13.8 Å². The summed E-state index contributed by atoms with van der Waals surface area (Å²) in [5.41, 5.74) is 0. The maximum Gasteiger partial charge on any atom is 0.0653 e. The van der Waals surface area contributed by atoms with Gasteiger partial charge < -0.3 is 5.11 Å². The molecule has 0 aromatic heterocycles. The van der Waals surface area contributed by atoms with Crippen molar-refractivity contribution in [1.82, 2.24) is 0 Å². The fourth-order valence-electron chi connectivity index (χ4n) is 0.544. The fraction of sp³-hybridized carbons (Fsp3) is 1.00. The van der Waals surface area contributed by atoms with Gasteiger partial charge in [-0.3, -0.25) is 0 Å². The van der Waals surface area contributed by atoms with Crippen molar-refractivity contribution in [3.05, 3.63) is 0 Å². The Bertz CT molecular complexity index is 48.5. The monoisotopic (exact) mass is 134 g/mol. The van der Waals surface area contributed by atoms with Gasteiger partial charge in [0.25, 0.3) is 0 Å². The topological polar surface area (TPSA) is 20.2 Å². The van der Waals surface area contributed by atoms with E-state index in [-0.39, 0.29) is 11.4 Å². The molecule has 2 atom stereocenters. The number of thiol groups is 1. The molecule has 0 aliphatic heterocycles. The number of hydrogen-bond acceptors (Lipinski definition) is 2. The molecule has 2 unspecified atom stereocenters. The summed E-state index contributed by atoms with van der Waals surface area (Å²) in [6.45, 7) is 3.99. The Kier molecular flexibility index (Phi) is 4.38. The zero-order chi connectivity index (χ0) is 6.57. The Morgan fingerprint density at radius 2 is 1.88 bits per heavy atom. The Labute approximate surface area is 56.5 Å². The molecule has 0 aromatic rings. The van der Waals surface area contributed by atoms with Crippen molar-refractivity contribution in [2.75, 3.05) is 0 Å². The van der Waals surface area contributed by atoms with Crippen molar-refractivity contribution in [1.29, 1.82) is 0 Å². The second-order valence-corrected chi connectivity index (χ2v) is 2.61. The number of hydrogen-bond donors (Lipinski definition) is 2. The lowest BCUT2D eigenvalue weighted by atomic mass is 10.1. The second-order valence-electron chi connectivity index (χ2n) is 1.95. The van der Waals surface area contributed by atoms with Crippen molar-refractivity contribution < 1.29 is 5.11 Å². The molecule has 0 aliphatic rings. The van der Waals surface area contributed by atoms with Gasteiger partial charge in [0.15, 0.2) is 0 Å². The van der Waals surface area contributed by atoms with E-state index < -0.39 is 0 Å². The van der Waals surface area contributed by atoms with E-state index in [9.17, 15) is 0 Å². The van der Waals surface area contributed by atoms with Crippen LogP contribution in [0.1, 0.15) is 26.7 Å². The lowest BCUT2D eigenvalue weighted by molar-refractivity contribution is 0.166. The second kappa shape index (κ2) is 4.21. The molecule has 0 fully saturated rings. The van der Waals surface area contributed by atoms with Crippen LogP contribution in [-0.2, 0) is 0 Å². The standard InChI is InChI=1S/C6H14OS/c1-3-5(7)6(8)4-2/h5-8H,3-4H2,1-2H3. The molecular weight excluding hydrogens is 120 g/mol. The first-order valence-corrected chi connectivity index (χ1v) is 3.60. The third-order valence-electron chi connectivity index (χ3n) is 1.28. The molecule has 0 saturated heterocycles. The molecule has 0 spiro atoms. The predicted molar refractivity (Wildman–Crippen MR) is 39.4 cm³/mol. The van der Waals surface area contributed by atoms with Gasteiger partial charge in [-0.1, -0.05) is 13.8 Å². The normalized spacial score (nSPS) is 18.0. The highest BCUT2D eigenvalue weighted by Gasteiger charge is 2.08. The molecule has 8 heavy (non-hydrogen) atoms. The summed E-state index contributed by atoms with van der Waals surface area (Å²) < 4.78 is 0. The zero-order valence-corrected chi connectivity index (χ0v) is 6.36. The minimum Gasteiger partial charge on any atom is -0.392 e. The third kappa shape index (κ3) is 2.58. The zero-order valence-electron chi connectivity index (χ0n) is 5.46. The van der Waals surface area contributed by atoms with Crippen LogP contribution in [0.4, 0.5) is 0 Å². The molecule has 0 saturated carbocycles. The molecule has 1 N–H and O–H groups in total. The summed E-state index contributed by atoms with van der Waals surface area (Å²) in [5.74, 6) is 0. The average Bonchev–Trinajstić information content (AvgIpc) is 1.84. The first kappa shape index (κ1) is 8.31. The molecule has 0 bridgehead atoms. The molecule has 0 rings (SSSR count). The van der Waals surface area contributed by atoms with Crippen LogP contribution >= 0.6 is 12.6 Å². The Balaban J connectivity index is 3.29. The molecule has 2 heteroatoms. The molecule has 0 radical (unpaired) electrons. The number of aliphatic hydroxyl groups is 1. The van der Waals surface area contributed by atoms with Crippen LogP contribution in [-0.4, -0.2) is 16.5 Å². The minimum atomic E-state index is -0.219. The smallest absolute Gasteiger partial charge is 0.0653 e. The molecule has 0 amide bonds. The van der Waals surface area contributed by atoms with Crippen LogP contribution in [0.25, 0.3) is 0 Å². The summed E-state index contributed by atoms with van der Waals surface area (Å²) in [7, 11) is 0. The fourth-order valence-corrected chi connectivity index (χ4v) is 0.755. The predicted octanol–water partition coefficient (Wildman–Crippen LogP) is 1.47. The quantitative estimate of drug-likeness (QED) is 0.560. The van der Waals surface area contributed by atoms with Crippen molar-refractivity contribution in [3.8, 4) is 0 Å². The molecule has 0 aliphatic carbocycles. The van der Waals surface area contributed by atoms with Gasteiger partial charge in [-0.05, 0) is 12.8 Å². The summed E-state index contributed by atoms with van der Waals surface area (Å²) in [4.78, 5) is 0. The van der Waals surface area contributed by atoms with Crippen LogP contribution in [0.15, 0.2) is 0 Å². The van der Waals surface area contributed by atoms with Gasteiger partial charge >= 0.3 is 0 Å². The van der Waals surface area contributed by atoms with Gasteiger partial charge in [0.1, 0.15) is 0 Å². The van der Waals surface area contributed by atoms with E-state index in [1.165, 1.54) is 0 Å². The van der Waals surface area contributed by atoms with Gasteiger partial charge in [-0.15, -0.1) is 0 Å². The first-order chi connectivity index (χ1) is 3.72. The molecule has 0 aromatic carbocycles. The maximum absolute atomic E-state index is 9.05. The highest BCUT2D eigenvalue weighted by atomic mass is 32.1. The van der Waals surface area contributed by atoms with Crippen LogP contribution in [0.5, 0.6) is 0 Å². The van der Waals surface area contributed by atoms with Crippen molar-refractivity contribution in [2.45, 2.75) is 38.0 Å². The lowest BCUT2D eigenvalue weighted by Gasteiger charge is -2.12. The molecule has 1 nitrogen and oxygen atoms in total. The van der Waals surface area contributed by atoms with Crippen molar-refractivity contribution in [3.63, 3.8) is 0 Å². The van der Waals surface area contributed by atoms with Crippen LogP contribution in [0.3, 0.4) is 0 Å². The van der Waals surface area contributed by atoms with Crippen LogP contribution < -0.4 is 0 Å². The summed E-state index contributed by atoms with van der Waals surface area (Å²) in [5, 5.41) is 9.22. The Morgan fingerprint density at radius 1 is 1.38 bits per heavy atom. The molecule has 50 valence electrons. The van der Waals surface area contributed by atoms with Gasteiger partial charge in [0, 0.05) is 5.25 Å². The van der Waals surface area contributed by atoms with Crippen LogP contribution in [0.2, 0.25) is 0 Å². The first-order valence-electron chi connectivity index (χ1n) is 3.08. The van der Waals surface area contributed by atoms with Gasteiger partial charge in [-0.25, -0.2) is 0 Å². The van der Waals surface area contributed by atoms with Crippen LogP contribution in [0, 0.1) is 0 Å². The minimum absolute atomic E-state index is 0.167.